The molecule has 5 nitrogen and oxygen atoms in total. The van der Waals surface area contributed by atoms with E-state index in [0.29, 0.717) is 28.5 Å². The van der Waals surface area contributed by atoms with Crippen LogP contribution in [0.3, 0.4) is 0 Å². The van der Waals surface area contributed by atoms with Crippen LogP contribution in [-0.4, -0.2) is 23.1 Å². The molecule has 1 aliphatic rings. The first-order valence-corrected chi connectivity index (χ1v) is 9.26. The number of aromatic nitrogens is 2. The van der Waals surface area contributed by atoms with Gasteiger partial charge in [-0.15, -0.1) is 0 Å². The van der Waals surface area contributed by atoms with E-state index in [4.69, 9.17) is 16.3 Å². The van der Waals surface area contributed by atoms with Crippen molar-refractivity contribution in [2.75, 3.05) is 17.3 Å². The van der Waals surface area contributed by atoms with Gasteiger partial charge in [-0.3, -0.25) is 0 Å². The van der Waals surface area contributed by atoms with Crippen LogP contribution in [0.4, 0.5) is 23.0 Å². The Morgan fingerprint density at radius 3 is 2.78 bits per heavy atom. The van der Waals surface area contributed by atoms with Crippen LogP contribution >= 0.6 is 11.6 Å². The van der Waals surface area contributed by atoms with Gasteiger partial charge in [0, 0.05) is 22.8 Å². The predicted molar refractivity (Wildman–Crippen MR) is 110 cm³/mol. The zero-order valence-corrected chi connectivity index (χ0v) is 16.3. The van der Waals surface area contributed by atoms with Crippen molar-refractivity contribution in [3.8, 4) is 5.75 Å². The highest BCUT2D eigenvalue weighted by Crippen LogP contribution is 2.38. The summed E-state index contributed by atoms with van der Waals surface area (Å²) in [6.07, 6.45) is 1.00. The Morgan fingerprint density at radius 1 is 1.15 bits per heavy atom. The van der Waals surface area contributed by atoms with Crippen LogP contribution in [0.25, 0.3) is 0 Å². The number of para-hydroxylation sites is 1. The molecule has 0 bridgehead atoms. The maximum Gasteiger partial charge on any atom is 0.142 e. The molecule has 0 amide bonds. The van der Waals surface area contributed by atoms with Crippen LogP contribution in [0.1, 0.15) is 18.3 Å². The quantitative estimate of drug-likeness (QED) is 0.667. The number of anilines is 4. The van der Waals surface area contributed by atoms with Gasteiger partial charge in [0.1, 0.15) is 23.2 Å². The van der Waals surface area contributed by atoms with Crippen LogP contribution in [0.15, 0.2) is 48.5 Å². The van der Waals surface area contributed by atoms with E-state index in [-0.39, 0.29) is 0 Å². The number of ether oxygens (including phenoxy) is 1. The Morgan fingerprint density at radius 2 is 1.96 bits per heavy atom. The van der Waals surface area contributed by atoms with E-state index in [1.807, 2.05) is 25.1 Å². The lowest BCUT2D eigenvalue weighted by atomic mass is 10.1. The van der Waals surface area contributed by atoms with Gasteiger partial charge in [-0.25, -0.2) is 9.97 Å². The Hall–Kier alpha value is -2.79. The van der Waals surface area contributed by atoms with E-state index in [1.165, 1.54) is 11.3 Å². The lowest BCUT2D eigenvalue weighted by Gasteiger charge is -2.24. The zero-order chi connectivity index (χ0) is 19.0. The monoisotopic (exact) mass is 380 g/mol. The maximum absolute atomic E-state index is 6.14. The standard InChI is InChI=1S/C21H21ClN4O/c1-13-10-15-6-4-5-7-18(15)26(13)21-12-20(23-14(2)24-21)25-17-11-16(22)8-9-19(17)27-3/h4-9,11-13H,10H2,1-3H3,(H,23,24,25). The van der Waals surface area contributed by atoms with Crippen LogP contribution in [0, 0.1) is 6.92 Å². The van der Waals surface area contributed by atoms with Gasteiger partial charge in [0.15, 0.2) is 0 Å². The second-order valence-corrected chi connectivity index (χ2v) is 7.12. The number of fused-ring (bicyclic) bond motifs is 1. The summed E-state index contributed by atoms with van der Waals surface area (Å²) < 4.78 is 5.42. The summed E-state index contributed by atoms with van der Waals surface area (Å²) >= 11 is 6.14. The summed E-state index contributed by atoms with van der Waals surface area (Å²) in [5, 5.41) is 3.95. The number of halogens is 1. The first kappa shape index (κ1) is 17.6. The van der Waals surface area contributed by atoms with Gasteiger partial charge < -0.3 is 15.0 Å². The molecule has 0 saturated heterocycles. The van der Waals surface area contributed by atoms with E-state index in [1.54, 1.807) is 13.2 Å². The van der Waals surface area contributed by atoms with E-state index in [2.05, 4.69) is 51.4 Å². The van der Waals surface area contributed by atoms with E-state index in [9.17, 15) is 0 Å². The molecule has 0 spiro atoms. The van der Waals surface area contributed by atoms with E-state index in [0.717, 1.165) is 17.9 Å². The fraction of sp³-hybridized carbons (Fsp3) is 0.238. The highest BCUT2D eigenvalue weighted by Gasteiger charge is 2.28. The fourth-order valence-corrected chi connectivity index (χ4v) is 3.74. The van der Waals surface area contributed by atoms with Crippen molar-refractivity contribution < 1.29 is 4.74 Å². The molecule has 1 aliphatic heterocycles. The number of nitrogens with zero attached hydrogens (tertiary/aromatic N) is 3. The second-order valence-electron chi connectivity index (χ2n) is 6.68. The first-order valence-electron chi connectivity index (χ1n) is 8.88. The lowest BCUT2D eigenvalue weighted by Crippen LogP contribution is -2.25. The average Bonchev–Trinajstić information content (AvgIpc) is 2.97. The van der Waals surface area contributed by atoms with E-state index < -0.39 is 0 Å². The third-order valence-electron chi connectivity index (χ3n) is 4.70. The van der Waals surface area contributed by atoms with Gasteiger partial charge in [0.05, 0.1) is 12.8 Å². The van der Waals surface area contributed by atoms with Crippen molar-refractivity contribution in [3.63, 3.8) is 0 Å². The summed E-state index contributed by atoms with van der Waals surface area (Å²) in [5.74, 6) is 2.99. The van der Waals surface area contributed by atoms with Crippen LogP contribution in [0.2, 0.25) is 5.02 Å². The third kappa shape index (κ3) is 3.43. The van der Waals surface area contributed by atoms with Crippen LogP contribution in [0.5, 0.6) is 5.75 Å². The molecule has 6 heteroatoms. The summed E-state index contributed by atoms with van der Waals surface area (Å²) in [6, 6.07) is 16.2. The molecule has 138 valence electrons. The number of rotatable bonds is 4. The molecule has 1 unspecified atom stereocenters. The predicted octanol–water partition coefficient (Wildman–Crippen LogP) is 5.27. The van der Waals surface area contributed by atoms with Gasteiger partial charge in [0.25, 0.3) is 0 Å². The van der Waals surface area contributed by atoms with Gasteiger partial charge in [0.2, 0.25) is 0 Å². The molecular weight excluding hydrogens is 360 g/mol. The number of aryl methyl sites for hydroxylation is 1. The summed E-state index contributed by atoms with van der Waals surface area (Å²) in [6.45, 7) is 4.11. The van der Waals surface area contributed by atoms with Crippen molar-refractivity contribution in [1.82, 2.24) is 9.97 Å². The topological polar surface area (TPSA) is 50.3 Å². The van der Waals surface area contributed by atoms with Crippen LogP contribution < -0.4 is 15.0 Å². The Bertz CT molecular complexity index is 992. The third-order valence-corrected chi connectivity index (χ3v) is 4.94. The van der Waals surface area contributed by atoms with Crippen molar-refractivity contribution in [2.24, 2.45) is 0 Å². The number of hydrogen-bond donors (Lipinski definition) is 1. The van der Waals surface area contributed by atoms with Crippen LogP contribution in [-0.2, 0) is 6.42 Å². The summed E-state index contributed by atoms with van der Waals surface area (Å²) in [4.78, 5) is 11.5. The molecule has 0 radical (unpaired) electrons. The largest absolute Gasteiger partial charge is 0.495 e. The summed E-state index contributed by atoms with van der Waals surface area (Å²) in [5.41, 5.74) is 3.31. The van der Waals surface area contributed by atoms with Crippen molar-refractivity contribution >= 4 is 34.6 Å². The maximum atomic E-state index is 6.14. The minimum atomic E-state index is 0.338. The minimum Gasteiger partial charge on any atom is -0.495 e. The molecule has 0 aliphatic carbocycles. The van der Waals surface area contributed by atoms with Crippen molar-refractivity contribution in [1.29, 1.82) is 0 Å². The van der Waals surface area contributed by atoms with Gasteiger partial charge in [-0.1, -0.05) is 29.8 Å². The molecule has 27 heavy (non-hydrogen) atoms. The fourth-order valence-electron chi connectivity index (χ4n) is 3.57. The number of benzene rings is 2. The molecule has 2 heterocycles. The molecule has 2 aromatic carbocycles. The molecule has 1 atom stereocenters. The normalized spacial score (nSPS) is 15.6. The lowest BCUT2D eigenvalue weighted by molar-refractivity contribution is 0.417. The van der Waals surface area contributed by atoms with Crippen molar-refractivity contribution in [2.45, 2.75) is 26.3 Å². The smallest absolute Gasteiger partial charge is 0.142 e. The van der Waals surface area contributed by atoms with Gasteiger partial charge in [-0.2, -0.15) is 0 Å². The SMILES string of the molecule is COc1ccc(Cl)cc1Nc1cc(N2c3ccccc3CC2C)nc(C)n1. The Kier molecular flexibility index (Phi) is 4.62. The average molecular weight is 381 g/mol. The second kappa shape index (κ2) is 7.08. The molecule has 3 aromatic rings. The summed E-state index contributed by atoms with van der Waals surface area (Å²) in [7, 11) is 1.63. The Balaban J connectivity index is 1.72. The molecule has 4 rings (SSSR count). The zero-order valence-electron chi connectivity index (χ0n) is 15.5. The van der Waals surface area contributed by atoms with Gasteiger partial charge >= 0.3 is 0 Å². The van der Waals surface area contributed by atoms with E-state index >= 15 is 0 Å². The van der Waals surface area contributed by atoms with Crippen molar-refractivity contribution in [3.05, 3.63) is 64.9 Å². The molecule has 0 saturated carbocycles. The number of nitrogens with one attached hydrogen (secondary N) is 1. The van der Waals surface area contributed by atoms with Gasteiger partial charge in [-0.05, 0) is 50.1 Å². The highest BCUT2D eigenvalue weighted by atomic mass is 35.5. The molecule has 1 aromatic heterocycles. The number of hydrogen-bond acceptors (Lipinski definition) is 5. The molecule has 1 N–H and O–H groups in total. The number of methoxy groups -OCH3 is 1. The highest BCUT2D eigenvalue weighted by molar-refractivity contribution is 6.31. The molecule has 0 fully saturated rings. The first-order chi connectivity index (χ1) is 13.0. The Labute approximate surface area is 164 Å². The molecular formula is C21H21ClN4O. The minimum absolute atomic E-state index is 0.338.